The van der Waals surface area contributed by atoms with Crippen LogP contribution in [0.4, 0.5) is 0 Å². The van der Waals surface area contributed by atoms with E-state index in [4.69, 9.17) is 16.3 Å². The predicted octanol–water partition coefficient (Wildman–Crippen LogP) is 4.47. The van der Waals surface area contributed by atoms with Gasteiger partial charge in [0.15, 0.2) is 6.23 Å². The van der Waals surface area contributed by atoms with Crippen molar-refractivity contribution in [2.24, 2.45) is 5.92 Å². The molecule has 2 aromatic rings. The lowest BCUT2D eigenvalue weighted by molar-refractivity contribution is -0.154. The quantitative estimate of drug-likeness (QED) is 0.832. The summed E-state index contributed by atoms with van der Waals surface area (Å²) in [5.41, 5.74) is 3.22. The van der Waals surface area contributed by atoms with Crippen molar-refractivity contribution in [3.63, 3.8) is 0 Å². The molecule has 24 heavy (non-hydrogen) atoms. The number of benzene rings is 2. The summed E-state index contributed by atoms with van der Waals surface area (Å²) in [6.45, 7) is 4.87. The molecule has 0 radical (unpaired) electrons. The standard InChI is InChI=1S/C20H22ClNO2/c1-13(2)18(15-7-9-16(21)10-8-15)20(23)24-19-17-6-4-3-5-14(17)11-12-22-19/h3-10,13,18-19,22H,11-12H2,1-2H3/t18-,19-/m0/s1. The summed E-state index contributed by atoms with van der Waals surface area (Å²) >= 11 is 5.96. The van der Waals surface area contributed by atoms with E-state index in [2.05, 4.69) is 11.4 Å². The third kappa shape index (κ3) is 3.63. The van der Waals surface area contributed by atoms with Crippen molar-refractivity contribution in [1.82, 2.24) is 5.32 Å². The smallest absolute Gasteiger partial charge is 0.315 e. The van der Waals surface area contributed by atoms with Crippen LogP contribution in [-0.2, 0) is 16.0 Å². The Bertz CT molecular complexity index is 712. The molecule has 0 fully saturated rings. The van der Waals surface area contributed by atoms with Crippen LogP contribution in [0.15, 0.2) is 48.5 Å². The van der Waals surface area contributed by atoms with Crippen molar-refractivity contribution in [3.8, 4) is 0 Å². The number of halogens is 1. The van der Waals surface area contributed by atoms with Crippen LogP contribution in [0.3, 0.4) is 0 Å². The van der Waals surface area contributed by atoms with Gasteiger partial charge in [-0.05, 0) is 35.6 Å². The van der Waals surface area contributed by atoms with Gasteiger partial charge in [-0.15, -0.1) is 0 Å². The first kappa shape index (κ1) is 17.0. The SMILES string of the molecule is CC(C)[C@H](C(=O)O[C@@H]1NCCc2ccccc21)c1ccc(Cl)cc1. The van der Waals surface area contributed by atoms with Crippen molar-refractivity contribution >= 4 is 17.6 Å². The van der Waals surface area contributed by atoms with Gasteiger partial charge >= 0.3 is 5.97 Å². The van der Waals surface area contributed by atoms with Gasteiger partial charge in [-0.3, -0.25) is 10.1 Å². The van der Waals surface area contributed by atoms with Crippen LogP contribution >= 0.6 is 11.6 Å². The molecular weight excluding hydrogens is 322 g/mol. The van der Waals surface area contributed by atoms with Gasteiger partial charge in [0.1, 0.15) is 0 Å². The number of esters is 1. The van der Waals surface area contributed by atoms with E-state index in [9.17, 15) is 4.79 Å². The average Bonchev–Trinajstić information content (AvgIpc) is 2.57. The Hall–Kier alpha value is -1.84. The number of hydrogen-bond acceptors (Lipinski definition) is 3. The molecule has 0 bridgehead atoms. The summed E-state index contributed by atoms with van der Waals surface area (Å²) in [5, 5.41) is 3.96. The molecule has 0 spiro atoms. The summed E-state index contributed by atoms with van der Waals surface area (Å²) in [6, 6.07) is 15.5. The van der Waals surface area contributed by atoms with E-state index in [1.54, 1.807) is 0 Å². The minimum atomic E-state index is -0.379. The van der Waals surface area contributed by atoms with Gasteiger partial charge < -0.3 is 4.74 Å². The maximum Gasteiger partial charge on any atom is 0.315 e. The summed E-state index contributed by atoms with van der Waals surface area (Å²) in [4.78, 5) is 12.9. The van der Waals surface area contributed by atoms with E-state index >= 15 is 0 Å². The van der Waals surface area contributed by atoms with E-state index in [0.717, 1.165) is 24.1 Å². The second kappa shape index (κ2) is 7.37. The van der Waals surface area contributed by atoms with Crippen LogP contribution in [-0.4, -0.2) is 12.5 Å². The second-order valence-electron chi connectivity index (χ2n) is 6.49. The third-order valence-corrected chi connectivity index (χ3v) is 4.70. The monoisotopic (exact) mass is 343 g/mol. The van der Waals surface area contributed by atoms with Crippen LogP contribution < -0.4 is 5.32 Å². The zero-order chi connectivity index (χ0) is 17.1. The van der Waals surface area contributed by atoms with E-state index in [1.807, 2.05) is 56.3 Å². The number of carbonyl (C=O) groups is 1. The van der Waals surface area contributed by atoms with E-state index in [1.165, 1.54) is 5.56 Å². The fourth-order valence-electron chi connectivity index (χ4n) is 3.22. The van der Waals surface area contributed by atoms with E-state index in [0.29, 0.717) is 5.02 Å². The Morgan fingerprint density at radius 1 is 1.17 bits per heavy atom. The minimum Gasteiger partial charge on any atom is -0.442 e. The molecule has 1 aliphatic heterocycles. The van der Waals surface area contributed by atoms with Crippen LogP contribution in [0.2, 0.25) is 5.02 Å². The molecule has 126 valence electrons. The molecule has 2 aromatic carbocycles. The predicted molar refractivity (Wildman–Crippen MR) is 96.0 cm³/mol. The topological polar surface area (TPSA) is 38.3 Å². The summed E-state index contributed by atoms with van der Waals surface area (Å²) in [6.07, 6.45) is 0.575. The molecule has 4 heteroatoms. The first-order chi connectivity index (χ1) is 11.6. The molecule has 0 aliphatic carbocycles. The second-order valence-corrected chi connectivity index (χ2v) is 6.93. The maximum absolute atomic E-state index is 12.9. The molecule has 0 saturated carbocycles. The van der Waals surface area contributed by atoms with Gasteiger partial charge in [-0.2, -0.15) is 0 Å². The first-order valence-corrected chi connectivity index (χ1v) is 8.71. The van der Waals surface area contributed by atoms with Gasteiger partial charge in [-0.25, -0.2) is 0 Å². The van der Waals surface area contributed by atoms with Crippen molar-refractivity contribution < 1.29 is 9.53 Å². The number of fused-ring (bicyclic) bond motifs is 1. The molecule has 1 N–H and O–H groups in total. The van der Waals surface area contributed by atoms with Crippen LogP contribution in [0.1, 0.15) is 42.7 Å². The van der Waals surface area contributed by atoms with E-state index < -0.39 is 0 Å². The summed E-state index contributed by atoms with van der Waals surface area (Å²) in [7, 11) is 0. The Kier molecular flexibility index (Phi) is 5.22. The fourth-order valence-corrected chi connectivity index (χ4v) is 3.35. The molecule has 0 saturated heterocycles. The van der Waals surface area contributed by atoms with Crippen LogP contribution in [0.5, 0.6) is 0 Å². The molecule has 1 aliphatic rings. The Labute approximate surface area is 148 Å². The zero-order valence-corrected chi connectivity index (χ0v) is 14.7. The zero-order valence-electron chi connectivity index (χ0n) is 14.0. The Balaban J connectivity index is 1.81. The molecule has 0 amide bonds. The molecule has 1 heterocycles. The van der Waals surface area contributed by atoms with Crippen LogP contribution in [0, 0.1) is 5.92 Å². The van der Waals surface area contributed by atoms with Crippen LogP contribution in [0.25, 0.3) is 0 Å². The summed E-state index contributed by atoms with van der Waals surface area (Å²) < 4.78 is 5.84. The largest absolute Gasteiger partial charge is 0.442 e. The van der Waals surface area contributed by atoms with Crippen molar-refractivity contribution in [1.29, 1.82) is 0 Å². The lowest BCUT2D eigenvalue weighted by Gasteiger charge is -2.29. The number of ether oxygens (including phenoxy) is 1. The van der Waals surface area contributed by atoms with Gasteiger partial charge in [0.2, 0.25) is 0 Å². The highest BCUT2D eigenvalue weighted by atomic mass is 35.5. The molecule has 0 unspecified atom stereocenters. The fraction of sp³-hybridized carbons (Fsp3) is 0.350. The Morgan fingerprint density at radius 3 is 2.58 bits per heavy atom. The third-order valence-electron chi connectivity index (χ3n) is 4.45. The Morgan fingerprint density at radius 2 is 1.88 bits per heavy atom. The van der Waals surface area contributed by atoms with Gasteiger partial charge in [-0.1, -0.05) is 61.8 Å². The lowest BCUT2D eigenvalue weighted by atomic mass is 9.88. The average molecular weight is 344 g/mol. The minimum absolute atomic E-state index is 0.137. The lowest BCUT2D eigenvalue weighted by Crippen LogP contribution is -2.35. The summed E-state index contributed by atoms with van der Waals surface area (Å²) in [5.74, 6) is -0.378. The number of carbonyl (C=O) groups excluding carboxylic acids is 1. The molecule has 3 nitrogen and oxygen atoms in total. The highest BCUT2D eigenvalue weighted by Crippen LogP contribution is 2.30. The molecule has 0 aromatic heterocycles. The molecule has 2 atom stereocenters. The number of nitrogens with one attached hydrogen (secondary N) is 1. The van der Waals surface area contributed by atoms with Gasteiger partial charge in [0.05, 0.1) is 5.92 Å². The molecular formula is C20H22ClNO2. The first-order valence-electron chi connectivity index (χ1n) is 8.33. The van der Waals surface area contributed by atoms with E-state index in [-0.39, 0.29) is 24.0 Å². The van der Waals surface area contributed by atoms with Crippen molar-refractivity contribution in [2.45, 2.75) is 32.4 Å². The maximum atomic E-state index is 12.9. The highest BCUT2D eigenvalue weighted by molar-refractivity contribution is 6.30. The van der Waals surface area contributed by atoms with Gasteiger partial charge in [0.25, 0.3) is 0 Å². The van der Waals surface area contributed by atoms with Crippen molar-refractivity contribution in [3.05, 3.63) is 70.2 Å². The highest BCUT2D eigenvalue weighted by Gasteiger charge is 2.30. The van der Waals surface area contributed by atoms with Gasteiger partial charge in [0, 0.05) is 17.1 Å². The normalized spacial score (nSPS) is 18.1. The number of rotatable bonds is 4. The van der Waals surface area contributed by atoms with Crippen molar-refractivity contribution in [2.75, 3.05) is 6.54 Å². The molecule has 3 rings (SSSR count). The number of hydrogen-bond donors (Lipinski definition) is 1.